The van der Waals surface area contributed by atoms with E-state index in [1.165, 1.54) is 5.56 Å². The average Bonchev–Trinajstić information content (AvgIpc) is 2.73. The number of rotatable bonds is 1. The number of aryl methyl sites for hydroxylation is 2. The number of nitrogens with zero attached hydrogens (tertiary/aromatic N) is 3. The van der Waals surface area contributed by atoms with Crippen molar-refractivity contribution in [1.82, 2.24) is 14.7 Å². The molecule has 4 nitrogen and oxygen atoms in total. The fourth-order valence-electron chi connectivity index (χ4n) is 2.79. The monoisotopic (exact) mass is 323 g/mol. The van der Waals surface area contributed by atoms with E-state index in [4.69, 9.17) is 23.2 Å². The Labute approximate surface area is 133 Å². The SMILES string of the molecule is Cc1nn(C)c2c1CCN(C(=O)c1ccc(Cl)cc1Cl)C2. The zero-order chi connectivity index (χ0) is 15.1. The molecule has 1 amide bonds. The van der Waals surface area contributed by atoms with Crippen LogP contribution in [-0.2, 0) is 20.0 Å². The van der Waals surface area contributed by atoms with Gasteiger partial charge < -0.3 is 4.90 Å². The lowest BCUT2D eigenvalue weighted by Crippen LogP contribution is -2.36. The first-order chi connectivity index (χ1) is 9.97. The van der Waals surface area contributed by atoms with Gasteiger partial charge in [-0.15, -0.1) is 0 Å². The van der Waals surface area contributed by atoms with Gasteiger partial charge in [0.25, 0.3) is 5.91 Å². The summed E-state index contributed by atoms with van der Waals surface area (Å²) >= 11 is 12.0. The summed E-state index contributed by atoms with van der Waals surface area (Å²) in [6, 6.07) is 4.96. The van der Waals surface area contributed by atoms with Gasteiger partial charge in [0.2, 0.25) is 0 Å². The summed E-state index contributed by atoms with van der Waals surface area (Å²) in [7, 11) is 1.91. The fourth-order valence-corrected chi connectivity index (χ4v) is 3.28. The topological polar surface area (TPSA) is 38.1 Å². The Morgan fingerprint density at radius 2 is 2.10 bits per heavy atom. The number of amides is 1. The van der Waals surface area contributed by atoms with Gasteiger partial charge in [0.1, 0.15) is 0 Å². The molecule has 0 bridgehead atoms. The number of carbonyl (C=O) groups excluding carboxylic acids is 1. The number of carbonyl (C=O) groups is 1. The van der Waals surface area contributed by atoms with Crippen molar-refractivity contribution in [2.75, 3.05) is 6.54 Å². The lowest BCUT2D eigenvalue weighted by Gasteiger charge is -2.28. The normalized spacial score (nSPS) is 14.2. The van der Waals surface area contributed by atoms with E-state index in [0.29, 0.717) is 28.7 Å². The Morgan fingerprint density at radius 1 is 1.33 bits per heavy atom. The highest BCUT2D eigenvalue weighted by atomic mass is 35.5. The summed E-state index contributed by atoms with van der Waals surface area (Å²) < 4.78 is 1.85. The van der Waals surface area contributed by atoms with Gasteiger partial charge in [0, 0.05) is 18.6 Å². The van der Waals surface area contributed by atoms with Crippen LogP contribution in [0.2, 0.25) is 10.0 Å². The molecule has 110 valence electrons. The van der Waals surface area contributed by atoms with Crippen LogP contribution in [0.15, 0.2) is 18.2 Å². The van der Waals surface area contributed by atoms with Gasteiger partial charge in [-0.3, -0.25) is 9.48 Å². The molecule has 1 aromatic carbocycles. The zero-order valence-corrected chi connectivity index (χ0v) is 13.4. The van der Waals surface area contributed by atoms with Crippen molar-refractivity contribution in [3.05, 3.63) is 50.8 Å². The third kappa shape index (κ3) is 2.54. The highest BCUT2D eigenvalue weighted by Gasteiger charge is 2.26. The molecule has 0 unspecified atom stereocenters. The molecule has 1 aliphatic rings. The summed E-state index contributed by atoms with van der Waals surface area (Å²) in [5.41, 5.74) is 3.88. The average molecular weight is 324 g/mol. The molecule has 21 heavy (non-hydrogen) atoms. The number of fused-ring (bicyclic) bond motifs is 1. The Balaban J connectivity index is 1.89. The summed E-state index contributed by atoms with van der Waals surface area (Å²) in [5.74, 6) is -0.0684. The second-order valence-corrected chi connectivity index (χ2v) is 6.08. The number of hydrogen-bond donors (Lipinski definition) is 0. The highest BCUT2D eigenvalue weighted by Crippen LogP contribution is 2.26. The van der Waals surface area contributed by atoms with E-state index < -0.39 is 0 Å². The van der Waals surface area contributed by atoms with Crippen LogP contribution in [0.3, 0.4) is 0 Å². The van der Waals surface area contributed by atoms with Crippen LogP contribution in [0.25, 0.3) is 0 Å². The molecular weight excluding hydrogens is 309 g/mol. The van der Waals surface area contributed by atoms with E-state index >= 15 is 0 Å². The predicted octanol–water partition coefficient (Wildman–Crippen LogP) is 3.23. The van der Waals surface area contributed by atoms with Crippen molar-refractivity contribution in [1.29, 1.82) is 0 Å². The van der Waals surface area contributed by atoms with E-state index in [9.17, 15) is 4.79 Å². The van der Waals surface area contributed by atoms with Crippen molar-refractivity contribution in [2.24, 2.45) is 7.05 Å². The smallest absolute Gasteiger partial charge is 0.255 e. The van der Waals surface area contributed by atoms with Crippen LogP contribution in [0.1, 0.15) is 27.3 Å². The Bertz CT molecular complexity index is 724. The van der Waals surface area contributed by atoms with Crippen LogP contribution in [0.4, 0.5) is 0 Å². The van der Waals surface area contributed by atoms with Crippen molar-refractivity contribution in [3.8, 4) is 0 Å². The molecule has 1 aromatic heterocycles. The molecule has 0 spiro atoms. The minimum Gasteiger partial charge on any atom is -0.332 e. The number of benzene rings is 1. The van der Waals surface area contributed by atoms with Gasteiger partial charge in [-0.1, -0.05) is 23.2 Å². The molecule has 0 saturated carbocycles. The van der Waals surface area contributed by atoms with Crippen molar-refractivity contribution >= 4 is 29.1 Å². The molecule has 6 heteroatoms. The number of halogens is 2. The van der Waals surface area contributed by atoms with Gasteiger partial charge in [0.05, 0.1) is 28.5 Å². The first-order valence-corrected chi connectivity index (χ1v) is 7.48. The maximum absolute atomic E-state index is 12.6. The molecule has 0 N–H and O–H groups in total. The number of hydrogen-bond acceptors (Lipinski definition) is 2. The van der Waals surface area contributed by atoms with E-state index in [1.54, 1.807) is 23.1 Å². The molecule has 2 heterocycles. The largest absolute Gasteiger partial charge is 0.332 e. The Morgan fingerprint density at radius 3 is 2.81 bits per heavy atom. The third-order valence-electron chi connectivity index (χ3n) is 3.90. The molecule has 0 aliphatic carbocycles. The standard InChI is InChI=1S/C15H15Cl2N3O/c1-9-11-5-6-20(8-14(11)19(2)18-9)15(21)12-4-3-10(16)7-13(12)17/h3-4,7H,5-6,8H2,1-2H3. The molecule has 3 rings (SSSR count). The number of aromatic nitrogens is 2. The summed E-state index contributed by atoms with van der Waals surface area (Å²) in [6.07, 6.45) is 0.825. The summed E-state index contributed by atoms with van der Waals surface area (Å²) in [5, 5.41) is 5.34. The van der Waals surface area contributed by atoms with Gasteiger partial charge >= 0.3 is 0 Å². The maximum Gasteiger partial charge on any atom is 0.255 e. The fraction of sp³-hybridized carbons (Fsp3) is 0.333. The van der Waals surface area contributed by atoms with E-state index in [-0.39, 0.29) is 5.91 Å². The van der Waals surface area contributed by atoms with Gasteiger partial charge in [0.15, 0.2) is 0 Å². The second kappa shape index (κ2) is 5.35. The van der Waals surface area contributed by atoms with Crippen molar-refractivity contribution in [2.45, 2.75) is 19.9 Å². The van der Waals surface area contributed by atoms with Crippen molar-refractivity contribution in [3.63, 3.8) is 0 Å². The first-order valence-electron chi connectivity index (χ1n) is 6.73. The lowest BCUT2D eigenvalue weighted by molar-refractivity contribution is 0.0730. The highest BCUT2D eigenvalue weighted by molar-refractivity contribution is 6.36. The van der Waals surface area contributed by atoms with Crippen LogP contribution in [-0.4, -0.2) is 27.1 Å². The minimum atomic E-state index is -0.0684. The zero-order valence-electron chi connectivity index (χ0n) is 11.9. The molecule has 0 saturated heterocycles. The molecule has 0 atom stereocenters. The molecule has 2 aromatic rings. The first kappa shape index (κ1) is 14.4. The van der Waals surface area contributed by atoms with Crippen LogP contribution in [0, 0.1) is 6.92 Å². The predicted molar refractivity (Wildman–Crippen MR) is 82.9 cm³/mol. The van der Waals surface area contributed by atoms with Crippen LogP contribution in [0.5, 0.6) is 0 Å². The maximum atomic E-state index is 12.6. The van der Waals surface area contributed by atoms with E-state index in [2.05, 4.69) is 5.10 Å². The second-order valence-electron chi connectivity index (χ2n) is 5.24. The summed E-state index contributed by atoms with van der Waals surface area (Å²) in [6.45, 7) is 3.24. The molecular formula is C15H15Cl2N3O. The van der Waals surface area contributed by atoms with Crippen molar-refractivity contribution < 1.29 is 4.79 Å². The Hall–Kier alpha value is -1.52. The van der Waals surface area contributed by atoms with Crippen LogP contribution < -0.4 is 0 Å². The molecule has 0 fully saturated rings. The molecule has 1 aliphatic heterocycles. The lowest BCUT2D eigenvalue weighted by atomic mass is 10.0. The minimum absolute atomic E-state index is 0.0684. The van der Waals surface area contributed by atoms with Gasteiger partial charge in [-0.2, -0.15) is 5.10 Å². The summed E-state index contributed by atoms with van der Waals surface area (Å²) in [4.78, 5) is 14.4. The third-order valence-corrected chi connectivity index (χ3v) is 4.44. The van der Waals surface area contributed by atoms with Gasteiger partial charge in [-0.25, -0.2) is 0 Å². The van der Waals surface area contributed by atoms with Crippen LogP contribution >= 0.6 is 23.2 Å². The van der Waals surface area contributed by atoms with Gasteiger partial charge in [-0.05, 0) is 37.1 Å². The molecule has 0 radical (unpaired) electrons. The van der Waals surface area contributed by atoms with E-state index in [1.807, 2.05) is 18.7 Å². The Kier molecular flexibility index (Phi) is 3.68. The van der Waals surface area contributed by atoms with E-state index in [0.717, 1.165) is 17.8 Å². The quantitative estimate of drug-likeness (QED) is 0.808.